The fourth-order valence-electron chi connectivity index (χ4n) is 2.03. The van der Waals surface area contributed by atoms with E-state index in [2.05, 4.69) is 17.1 Å². The minimum atomic E-state index is -1.48. The highest BCUT2D eigenvalue weighted by Gasteiger charge is 2.17. The molecule has 0 aliphatic heterocycles. The van der Waals surface area contributed by atoms with Crippen molar-refractivity contribution >= 4 is 17.9 Å². The Hall–Kier alpha value is -2.97. The van der Waals surface area contributed by atoms with Gasteiger partial charge in [0.25, 0.3) is 0 Å². The largest absolute Gasteiger partial charge is 0.478 e. The minimum Gasteiger partial charge on any atom is -0.478 e. The number of hydrogen-bond acceptors (Lipinski definition) is 6. The lowest BCUT2D eigenvalue weighted by molar-refractivity contribution is 0.0607. The van der Waals surface area contributed by atoms with Gasteiger partial charge in [-0.25, -0.2) is 14.4 Å². The first-order valence-corrected chi connectivity index (χ1v) is 8.06. The van der Waals surface area contributed by atoms with Gasteiger partial charge in [-0.2, -0.15) is 0 Å². The summed E-state index contributed by atoms with van der Waals surface area (Å²) in [6.45, 7) is 4.04. The fourth-order valence-corrected chi connectivity index (χ4v) is 2.03. The Balaban J connectivity index is 0.000000508. The van der Waals surface area contributed by atoms with E-state index in [-0.39, 0.29) is 11.7 Å². The zero-order chi connectivity index (χ0) is 20.1. The van der Waals surface area contributed by atoms with Gasteiger partial charge in [-0.3, -0.25) is 0 Å². The molecule has 0 saturated heterocycles. The molecule has 0 heterocycles. The van der Waals surface area contributed by atoms with Crippen molar-refractivity contribution in [1.29, 1.82) is 0 Å². The quantitative estimate of drug-likeness (QED) is 0.320. The summed E-state index contributed by atoms with van der Waals surface area (Å²) in [7, 11) is 0. The van der Waals surface area contributed by atoms with Crippen molar-refractivity contribution in [2.75, 3.05) is 0 Å². The first kappa shape index (κ1) is 23.0. The third-order valence-electron chi connectivity index (χ3n) is 3.41. The number of aromatic carboxylic acids is 3. The number of benzene rings is 1. The van der Waals surface area contributed by atoms with Gasteiger partial charge in [-0.15, -0.1) is 4.91 Å². The van der Waals surface area contributed by atoms with Crippen molar-refractivity contribution in [3.8, 4) is 0 Å². The summed E-state index contributed by atoms with van der Waals surface area (Å²) in [5.41, 5.74) is -1.24. The number of unbranched alkanes of at least 4 members (excludes halogenated alkanes) is 3. The zero-order valence-corrected chi connectivity index (χ0v) is 14.7. The Morgan fingerprint density at radius 2 is 1.62 bits per heavy atom. The highest BCUT2D eigenvalue weighted by molar-refractivity contribution is 6.03. The van der Waals surface area contributed by atoms with E-state index in [1.54, 1.807) is 0 Å². The summed E-state index contributed by atoms with van der Waals surface area (Å²) in [6, 6.07) is 2.81. The third kappa shape index (κ3) is 8.76. The molecular weight excluding hydrogens is 346 g/mol. The maximum absolute atomic E-state index is 10.6. The van der Waals surface area contributed by atoms with Crippen LogP contribution in [-0.2, 0) is 4.84 Å². The van der Waals surface area contributed by atoms with E-state index >= 15 is 0 Å². The van der Waals surface area contributed by atoms with E-state index in [1.807, 2.05) is 6.92 Å². The van der Waals surface area contributed by atoms with Crippen molar-refractivity contribution in [1.82, 2.24) is 0 Å². The van der Waals surface area contributed by atoms with E-state index in [0.29, 0.717) is 0 Å². The fraction of sp³-hybridized carbons (Fsp3) is 0.471. The molecule has 26 heavy (non-hydrogen) atoms. The van der Waals surface area contributed by atoms with Gasteiger partial charge >= 0.3 is 17.9 Å². The monoisotopic (exact) mass is 369 g/mol. The van der Waals surface area contributed by atoms with Crippen LogP contribution in [0.3, 0.4) is 0 Å². The van der Waals surface area contributed by atoms with Crippen LogP contribution in [0.5, 0.6) is 0 Å². The lowest BCUT2D eigenvalue weighted by Crippen LogP contribution is -2.10. The highest BCUT2D eigenvalue weighted by atomic mass is 16.7. The second-order valence-electron chi connectivity index (χ2n) is 5.52. The SMILES string of the molecule is CCCCCCC(C)ON=O.O=C(O)c1ccc(C(=O)O)c(C(=O)O)c1. The van der Waals surface area contributed by atoms with Gasteiger partial charge in [0.1, 0.15) is 6.10 Å². The van der Waals surface area contributed by atoms with Crippen LogP contribution in [0.1, 0.15) is 77.0 Å². The highest BCUT2D eigenvalue weighted by Crippen LogP contribution is 2.12. The smallest absolute Gasteiger partial charge is 0.336 e. The topological polar surface area (TPSA) is 151 Å². The number of hydrogen-bond donors (Lipinski definition) is 3. The van der Waals surface area contributed by atoms with Gasteiger partial charge in [-0.05, 0) is 38.0 Å². The maximum Gasteiger partial charge on any atom is 0.336 e. The number of nitrogens with zero attached hydrogens (tertiary/aromatic N) is 1. The molecule has 0 bridgehead atoms. The molecule has 1 atom stereocenters. The standard InChI is InChI=1S/C9H6O6.C8H17NO2/c10-7(11)4-1-2-5(8(12)13)6(3-4)9(14)15;1-3-4-5-6-7-8(2)11-9-10/h1-3H,(H,10,11)(H,12,13)(H,14,15);8H,3-7H2,1-2H3. The molecule has 1 rings (SSSR count). The van der Waals surface area contributed by atoms with Crippen LogP contribution in [0.2, 0.25) is 0 Å². The van der Waals surface area contributed by atoms with Crippen molar-refractivity contribution in [3.63, 3.8) is 0 Å². The predicted octanol–water partition coefficient (Wildman–Crippen LogP) is 3.82. The van der Waals surface area contributed by atoms with Crippen LogP contribution in [0.4, 0.5) is 0 Å². The van der Waals surface area contributed by atoms with Gasteiger partial charge in [0.15, 0.2) is 5.34 Å². The molecular formula is C17H23NO8. The molecule has 1 unspecified atom stereocenters. The Morgan fingerprint density at radius 1 is 1.00 bits per heavy atom. The Bertz CT molecular complexity index is 629. The Kier molecular flexibility index (Phi) is 11.0. The van der Waals surface area contributed by atoms with Gasteiger partial charge < -0.3 is 20.2 Å². The minimum absolute atomic E-state index is 0.00986. The summed E-state index contributed by atoms with van der Waals surface area (Å²) in [6.07, 6.45) is 5.78. The van der Waals surface area contributed by atoms with E-state index < -0.39 is 29.0 Å². The molecule has 1 aromatic carbocycles. The molecule has 0 aromatic heterocycles. The molecule has 0 aliphatic rings. The van der Waals surface area contributed by atoms with E-state index in [9.17, 15) is 19.3 Å². The van der Waals surface area contributed by atoms with E-state index in [0.717, 1.165) is 31.0 Å². The van der Waals surface area contributed by atoms with Crippen LogP contribution in [0.25, 0.3) is 0 Å². The number of carboxylic acids is 3. The van der Waals surface area contributed by atoms with Crippen LogP contribution in [0.15, 0.2) is 23.5 Å². The van der Waals surface area contributed by atoms with E-state index in [1.165, 1.54) is 19.3 Å². The molecule has 9 nitrogen and oxygen atoms in total. The summed E-state index contributed by atoms with van der Waals surface area (Å²) in [4.78, 5) is 45.9. The number of rotatable bonds is 10. The van der Waals surface area contributed by atoms with Crippen molar-refractivity contribution < 1.29 is 34.5 Å². The number of carbonyl (C=O) groups is 3. The Labute approximate surface area is 150 Å². The van der Waals surface area contributed by atoms with Gasteiger partial charge in [0.05, 0.1) is 16.7 Å². The molecule has 0 radical (unpaired) electrons. The molecule has 0 saturated carbocycles. The normalized spacial score (nSPS) is 10.8. The molecule has 0 amide bonds. The lowest BCUT2D eigenvalue weighted by Gasteiger charge is -2.05. The average Bonchev–Trinajstić information content (AvgIpc) is 2.58. The average molecular weight is 369 g/mol. The van der Waals surface area contributed by atoms with Crippen LogP contribution >= 0.6 is 0 Å². The first-order valence-electron chi connectivity index (χ1n) is 8.06. The second-order valence-corrected chi connectivity index (χ2v) is 5.52. The molecule has 3 N–H and O–H groups in total. The van der Waals surface area contributed by atoms with Crippen molar-refractivity contribution in [2.24, 2.45) is 5.34 Å². The maximum atomic E-state index is 10.6. The molecule has 1 aromatic rings. The predicted molar refractivity (Wildman–Crippen MR) is 92.4 cm³/mol. The summed E-state index contributed by atoms with van der Waals surface area (Å²) >= 11 is 0. The molecule has 0 spiro atoms. The second kappa shape index (κ2) is 12.4. The van der Waals surface area contributed by atoms with Gasteiger partial charge in [0.2, 0.25) is 0 Å². The van der Waals surface area contributed by atoms with Gasteiger partial charge in [-0.1, -0.05) is 26.2 Å². The van der Waals surface area contributed by atoms with Crippen molar-refractivity contribution in [3.05, 3.63) is 39.8 Å². The summed E-state index contributed by atoms with van der Waals surface area (Å²) in [5, 5.41) is 28.3. The summed E-state index contributed by atoms with van der Waals surface area (Å²) < 4.78 is 0. The van der Waals surface area contributed by atoms with Crippen LogP contribution in [-0.4, -0.2) is 39.3 Å². The van der Waals surface area contributed by atoms with Crippen molar-refractivity contribution in [2.45, 2.75) is 52.1 Å². The molecule has 0 fully saturated rings. The third-order valence-corrected chi connectivity index (χ3v) is 3.41. The molecule has 0 aliphatic carbocycles. The molecule has 9 heteroatoms. The van der Waals surface area contributed by atoms with E-state index in [4.69, 9.17) is 15.3 Å². The van der Waals surface area contributed by atoms with Gasteiger partial charge in [0, 0.05) is 0 Å². The molecule has 144 valence electrons. The zero-order valence-electron chi connectivity index (χ0n) is 14.7. The van der Waals surface area contributed by atoms with Crippen LogP contribution in [0, 0.1) is 4.91 Å². The first-order chi connectivity index (χ1) is 12.2. The Morgan fingerprint density at radius 3 is 2.08 bits per heavy atom. The summed E-state index contributed by atoms with van der Waals surface area (Å²) in [5.74, 6) is -4.20. The lowest BCUT2D eigenvalue weighted by atomic mass is 10.0. The number of carboxylic acid groups (broad SMARTS) is 3. The van der Waals surface area contributed by atoms with Crippen LogP contribution < -0.4 is 0 Å².